The summed E-state index contributed by atoms with van der Waals surface area (Å²) in [5.74, 6) is 0. The number of para-hydroxylation sites is 1. The quantitative estimate of drug-likeness (QED) is 0.697. The van der Waals surface area contributed by atoms with Gasteiger partial charge in [-0.3, -0.25) is 0 Å². The van der Waals surface area contributed by atoms with Crippen molar-refractivity contribution in [1.29, 1.82) is 0 Å². The van der Waals surface area contributed by atoms with Crippen LogP contribution in [0.1, 0.15) is 45.1 Å². The lowest BCUT2D eigenvalue weighted by molar-refractivity contribution is 0.616. The second kappa shape index (κ2) is 7.34. The van der Waals surface area contributed by atoms with Gasteiger partial charge in [0.15, 0.2) is 0 Å². The lowest BCUT2D eigenvalue weighted by Gasteiger charge is -2.03. The number of rotatable bonds is 8. The zero-order valence-corrected chi connectivity index (χ0v) is 12.3. The Morgan fingerprint density at radius 2 is 1.89 bits per heavy atom. The highest BCUT2D eigenvalue weighted by Crippen LogP contribution is 2.21. The SMILES string of the molecule is CCCCCNCc1cn(CCC)c2ccccc12. The van der Waals surface area contributed by atoms with Crippen molar-refractivity contribution < 1.29 is 0 Å². The first-order valence-electron chi connectivity index (χ1n) is 7.64. The molecule has 0 fully saturated rings. The maximum atomic E-state index is 3.57. The first-order valence-corrected chi connectivity index (χ1v) is 7.64. The molecule has 1 aromatic carbocycles. The zero-order valence-electron chi connectivity index (χ0n) is 12.3. The Hall–Kier alpha value is -1.28. The molecule has 104 valence electrons. The van der Waals surface area contributed by atoms with Gasteiger partial charge in [0, 0.05) is 30.2 Å². The number of benzene rings is 1. The van der Waals surface area contributed by atoms with E-state index in [1.54, 1.807) is 0 Å². The summed E-state index contributed by atoms with van der Waals surface area (Å²) in [4.78, 5) is 0. The molecule has 1 N–H and O–H groups in total. The smallest absolute Gasteiger partial charge is 0.0483 e. The third kappa shape index (κ3) is 3.60. The van der Waals surface area contributed by atoms with E-state index in [0.29, 0.717) is 0 Å². The second-order valence-corrected chi connectivity index (χ2v) is 5.25. The first-order chi connectivity index (χ1) is 9.36. The Kier molecular flexibility index (Phi) is 5.46. The number of aryl methyl sites for hydroxylation is 1. The first kappa shape index (κ1) is 14.1. The van der Waals surface area contributed by atoms with Crippen LogP contribution in [0.3, 0.4) is 0 Å². The van der Waals surface area contributed by atoms with Gasteiger partial charge < -0.3 is 9.88 Å². The topological polar surface area (TPSA) is 17.0 Å². The van der Waals surface area contributed by atoms with Crippen LogP contribution in [0.25, 0.3) is 10.9 Å². The van der Waals surface area contributed by atoms with E-state index in [1.165, 1.54) is 42.1 Å². The molecule has 19 heavy (non-hydrogen) atoms. The van der Waals surface area contributed by atoms with Crippen LogP contribution in [-0.2, 0) is 13.1 Å². The van der Waals surface area contributed by atoms with Crippen LogP contribution in [0.5, 0.6) is 0 Å². The molecule has 0 radical (unpaired) electrons. The number of aromatic nitrogens is 1. The lowest BCUT2D eigenvalue weighted by Crippen LogP contribution is -2.14. The average molecular weight is 258 g/mol. The summed E-state index contributed by atoms with van der Waals surface area (Å²) >= 11 is 0. The van der Waals surface area contributed by atoms with Crippen LogP contribution in [0.2, 0.25) is 0 Å². The summed E-state index contributed by atoms with van der Waals surface area (Å²) in [6.45, 7) is 7.70. The third-order valence-electron chi connectivity index (χ3n) is 3.61. The van der Waals surface area contributed by atoms with Gasteiger partial charge in [0.1, 0.15) is 0 Å². The van der Waals surface area contributed by atoms with Crippen molar-refractivity contribution in [3.8, 4) is 0 Å². The molecular formula is C17H26N2. The zero-order chi connectivity index (χ0) is 13.5. The molecule has 1 aromatic heterocycles. The molecule has 0 atom stereocenters. The van der Waals surface area contributed by atoms with Gasteiger partial charge in [0.05, 0.1) is 0 Å². The Morgan fingerprint density at radius 1 is 1.05 bits per heavy atom. The molecule has 2 heteroatoms. The summed E-state index contributed by atoms with van der Waals surface area (Å²) < 4.78 is 2.39. The van der Waals surface area contributed by atoms with Gasteiger partial charge >= 0.3 is 0 Å². The molecule has 0 bridgehead atoms. The predicted molar refractivity (Wildman–Crippen MR) is 83.5 cm³/mol. The molecular weight excluding hydrogens is 232 g/mol. The van der Waals surface area contributed by atoms with Gasteiger partial charge in [-0.1, -0.05) is 44.9 Å². The minimum Gasteiger partial charge on any atom is -0.347 e. The summed E-state index contributed by atoms with van der Waals surface area (Å²) in [6, 6.07) is 8.74. The standard InChI is InChI=1S/C17H26N2/c1-3-5-8-11-18-13-15-14-19(12-4-2)17-10-7-6-9-16(15)17/h6-7,9-10,14,18H,3-5,8,11-13H2,1-2H3. The van der Waals surface area contributed by atoms with E-state index >= 15 is 0 Å². The number of fused-ring (bicyclic) bond motifs is 1. The normalized spacial score (nSPS) is 11.3. The average Bonchev–Trinajstić information content (AvgIpc) is 2.78. The van der Waals surface area contributed by atoms with Crippen LogP contribution in [-0.4, -0.2) is 11.1 Å². The Bertz CT molecular complexity index is 499. The Morgan fingerprint density at radius 3 is 2.68 bits per heavy atom. The van der Waals surface area contributed by atoms with Crippen molar-refractivity contribution in [2.75, 3.05) is 6.54 Å². The van der Waals surface area contributed by atoms with Gasteiger partial charge in [-0.2, -0.15) is 0 Å². The Labute approximate surface area is 116 Å². The van der Waals surface area contributed by atoms with E-state index in [0.717, 1.165) is 19.6 Å². The molecule has 0 unspecified atom stereocenters. The fourth-order valence-electron chi connectivity index (χ4n) is 2.61. The molecule has 2 nitrogen and oxygen atoms in total. The maximum absolute atomic E-state index is 3.57. The second-order valence-electron chi connectivity index (χ2n) is 5.25. The van der Waals surface area contributed by atoms with Crippen LogP contribution in [0, 0.1) is 0 Å². The van der Waals surface area contributed by atoms with Crippen LogP contribution in [0.15, 0.2) is 30.5 Å². The summed E-state index contributed by atoms with van der Waals surface area (Å²) in [6.07, 6.45) is 7.40. The highest BCUT2D eigenvalue weighted by molar-refractivity contribution is 5.83. The van der Waals surface area contributed by atoms with E-state index in [2.05, 4.69) is 54.2 Å². The number of nitrogens with zero attached hydrogens (tertiary/aromatic N) is 1. The lowest BCUT2D eigenvalue weighted by atomic mass is 10.2. The van der Waals surface area contributed by atoms with Crippen molar-refractivity contribution in [3.63, 3.8) is 0 Å². The minimum atomic E-state index is 0.987. The highest BCUT2D eigenvalue weighted by atomic mass is 15.0. The van der Waals surface area contributed by atoms with Gasteiger partial charge in [-0.25, -0.2) is 0 Å². The predicted octanol–water partition coefficient (Wildman–Crippen LogP) is 4.33. The Balaban J connectivity index is 2.05. The van der Waals surface area contributed by atoms with Gasteiger partial charge in [-0.15, -0.1) is 0 Å². The van der Waals surface area contributed by atoms with Crippen LogP contribution in [0.4, 0.5) is 0 Å². The summed E-state index contributed by atoms with van der Waals surface area (Å²) in [7, 11) is 0. The van der Waals surface area contributed by atoms with Crippen molar-refractivity contribution >= 4 is 10.9 Å². The number of hydrogen-bond donors (Lipinski definition) is 1. The van der Waals surface area contributed by atoms with Crippen LogP contribution < -0.4 is 5.32 Å². The molecule has 1 heterocycles. The van der Waals surface area contributed by atoms with Crippen molar-refractivity contribution in [2.45, 2.75) is 52.6 Å². The number of nitrogens with one attached hydrogen (secondary N) is 1. The molecule has 0 amide bonds. The van der Waals surface area contributed by atoms with E-state index < -0.39 is 0 Å². The fourth-order valence-corrected chi connectivity index (χ4v) is 2.61. The number of hydrogen-bond acceptors (Lipinski definition) is 1. The van der Waals surface area contributed by atoms with Crippen molar-refractivity contribution in [1.82, 2.24) is 9.88 Å². The minimum absolute atomic E-state index is 0.987. The van der Waals surface area contributed by atoms with Gasteiger partial charge in [0.25, 0.3) is 0 Å². The van der Waals surface area contributed by atoms with E-state index in [4.69, 9.17) is 0 Å². The summed E-state index contributed by atoms with van der Waals surface area (Å²) in [5, 5.41) is 4.97. The van der Waals surface area contributed by atoms with Gasteiger partial charge in [-0.05, 0) is 31.0 Å². The molecule has 0 saturated carbocycles. The molecule has 0 aliphatic heterocycles. The molecule has 0 aliphatic rings. The largest absolute Gasteiger partial charge is 0.347 e. The molecule has 0 spiro atoms. The molecule has 2 aromatic rings. The van der Waals surface area contributed by atoms with E-state index in [-0.39, 0.29) is 0 Å². The maximum Gasteiger partial charge on any atom is 0.0483 e. The molecule has 0 aliphatic carbocycles. The van der Waals surface area contributed by atoms with Crippen LogP contribution >= 0.6 is 0 Å². The molecule has 0 saturated heterocycles. The van der Waals surface area contributed by atoms with Crippen molar-refractivity contribution in [3.05, 3.63) is 36.0 Å². The molecule has 2 rings (SSSR count). The van der Waals surface area contributed by atoms with E-state index in [1.807, 2.05) is 0 Å². The van der Waals surface area contributed by atoms with Crippen molar-refractivity contribution in [2.24, 2.45) is 0 Å². The van der Waals surface area contributed by atoms with E-state index in [9.17, 15) is 0 Å². The summed E-state index contributed by atoms with van der Waals surface area (Å²) in [5.41, 5.74) is 2.80. The van der Waals surface area contributed by atoms with Gasteiger partial charge in [0.2, 0.25) is 0 Å². The third-order valence-corrected chi connectivity index (χ3v) is 3.61. The monoisotopic (exact) mass is 258 g/mol. The fraction of sp³-hybridized carbons (Fsp3) is 0.529. The highest BCUT2D eigenvalue weighted by Gasteiger charge is 2.06. The number of unbranched alkanes of at least 4 members (excludes halogenated alkanes) is 2.